The van der Waals surface area contributed by atoms with Crippen LogP contribution in [0.5, 0.6) is 0 Å². The van der Waals surface area contributed by atoms with E-state index < -0.39 is 62.8 Å². The first-order valence-electron chi connectivity index (χ1n) is 8.68. The molecule has 2 aromatic rings. The Morgan fingerprint density at radius 2 is 1.90 bits per heavy atom. The fourth-order valence-electron chi connectivity index (χ4n) is 2.92. The molecule has 1 saturated heterocycles. The Morgan fingerprint density at radius 1 is 1.19 bits per heavy atom. The molecular weight excluding hydrogens is 470 g/mol. The standard InChI is InChI=1S/C18H13Cl2F5N4O2/c19-9-2-4-11(27-16(9)18(23,24)25)15(8-1-3-10(21)13(20)14(8)22)28-17(31)29-6-5-26-12(30)7-29/h1-4,15H,5-7H2,(H,26,30)(H,28,31)/t15-/m0/s1. The van der Waals surface area contributed by atoms with E-state index in [-0.39, 0.29) is 19.6 Å². The van der Waals surface area contributed by atoms with Gasteiger partial charge in [0.1, 0.15) is 29.2 Å². The molecule has 3 amide bonds. The largest absolute Gasteiger partial charge is 0.434 e. The average Bonchev–Trinajstić information content (AvgIpc) is 2.70. The molecule has 2 N–H and O–H groups in total. The predicted molar refractivity (Wildman–Crippen MR) is 101 cm³/mol. The number of amides is 3. The van der Waals surface area contributed by atoms with E-state index in [0.29, 0.717) is 0 Å². The smallest absolute Gasteiger partial charge is 0.353 e. The summed E-state index contributed by atoms with van der Waals surface area (Å²) < 4.78 is 68.1. The Hall–Kier alpha value is -2.66. The first-order chi connectivity index (χ1) is 14.5. The number of aromatic nitrogens is 1. The molecule has 1 fully saturated rings. The van der Waals surface area contributed by atoms with Gasteiger partial charge < -0.3 is 15.5 Å². The number of nitrogens with zero attached hydrogens (tertiary/aromatic N) is 2. The Morgan fingerprint density at radius 3 is 2.55 bits per heavy atom. The summed E-state index contributed by atoms with van der Waals surface area (Å²) in [6.45, 7) is -0.0447. The quantitative estimate of drug-likeness (QED) is 0.514. The zero-order chi connectivity index (χ0) is 22.9. The number of nitrogens with one attached hydrogen (secondary N) is 2. The van der Waals surface area contributed by atoms with Crippen LogP contribution in [-0.2, 0) is 11.0 Å². The van der Waals surface area contributed by atoms with E-state index in [1.165, 1.54) is 0 Å². The highest BCUT2D eigenvalue weighted by Gasteiger charge is 2.37. The van der Waals surface area contributed by atoms with Crippen LogP contribution < -0.4 is 10.6 Å². The number of carbonyl (C=O) groups is 2. The number of halogens is 7. The van der Waals surface area contributed by atoms with Crippen LogP contribution in [0.2, 0.25) is 10.0 Å². The minimum atomic E-state index is -4.93. The Bertz CT molecular complexity index is 1030. The highest BCUT2D eigenvalue weighted by molar-refractivity contribution is 6.31. The van der Waals surface area contributed by atoms with Gasteiger partial charge in [-0.2, -0.15) is 13.2 Å². The fourth-order valence-corrected chi connectivity index (χ4v) is 3.30. The number of carbonyl (C=O) groups excluding carboxylic acids is 2. The van der Waals surface area contributed by atoms with Crippen LogP contribution in [0.1, 0.15) is 23.0 Å². The summed E-state index contributed by atoms with van der Waals surface area (Å²) in [6.07, 6.45) is -4.93. The number of hydrogen-bond acceptors (Lipinski definition) is 3. The lowest BCUT2D eigenvalue weighted by Crippen LogP contribution is -2.53. The molecule has 2 heterocycles. The first kappa shape index (κ1) is 23.0. The van der Waals surface area contributed by atoms with Gasteiger partial charge in [0.2, 0.25) is 5.91 Å². The molecule has 0 aliphatic carbocycles. The number of benzene rings is 1. The van der Waals surface area contributed by atoms with Gasteiger partial charge in [-0.05, 0) is 18.2 Å². The summed E-state index contributed by atoms with van der Waals surface area (Å²) in [6, 6.07) is 1.22. The van der Waals surface area contributed by atoms with Crippen molar-refractivity contribution >= 4 is 35.1 Å². The van der Waals surface area contributed by atoms with Crippen molar-refractivity contribution in [1.82, 2.24) is 20.5 Å². The Kier molecular flexibility index (Phi) is 6.56. The second-order valence-electron chi connectivity index (χ2n) is 6.48. The summed E-state index contributed by atoms with van der Waals surface area (Å²) in [5.74, 6) is -2.83. The molecule has 1 atom stereocenters. The van der Waals surface area contributed by atoms with Crippen molar-refractivity contribution in [2.24, 2.45) is 0 Å². The number of hydrogen-bond donors (Lipinski definition) is 2. The highest BCUT2D eigenvalue weighted by atomic mass is 35.5. The maximum atomic E-state index is 14.7. The molecule has 1 aliphatic heterocycles. The lowest BCUT2D eigenvalue weighted by molar-refractivity contribution is -0.141. The summed E-state index contributed by atoms with van der Waals surface area (Å²) in [7, 11) is 0. The van der Waals surface area contributed by atoms with Gasteiger partial charge in [-0.25, -0.2) is 18.6 Å². The molecule has 13 heteroatoms. The van der Waals surface area contributed by atoms with E-state index in [9.17, 15) is 31.5 Å². The van der Waals surface area contributed by atoms with Gasteiger partial charge in [0.25, 0.3) is 0 Å². The van der Waals surface area contributed by atoms with Crippen molar-refractivity contribution in [3.8, 4) is 0 Å². The molecule has 166 valence electrons. The van der Waals surface area contributed by atoms with Crippen molar-refractivity contribution in [2.75, 3.05) is 19.6 Å². The van der Waals surface area contributed by atoms with Crippen LogP contribution in [0.3, 0.4) is 0 Å². The van der Waals surface area contributed by atoms with Crippen molar-refractivity contribution in [3.63, 3.8) is 0 Å². The summed E-state index contributed by atoms with van der Waals surface area (Å²) in [5.41, 5.74) is -2.30. The maximum Gasteiger partial charge on any atom is 0.434 e. The topological polar surface area (TPSA) is 74.3 Å². The normalized spacial score (nSPS) is 15.5. The SMILES string of the molecule is O=C1CN(C(=O)N[C@H](c2ccc(Cl)c(C(F)(F)F)n2)c2ccc(F)c(Cl)c2F)CCN1. The number of pyridine rings is 1. The molecule has 0 radical (unpaired) electrons. The minimum Gasteiger partial charge on any atom is -0.353 e. The molecule has 1 aromatic heterocycles. The van der Waals surface area contributed by atoms with Crippen molar-refractivity contribution in [1.29, 1.82) is 0 Å². The maximum absolute atomic E-state index is 14.7. The van der Waals surface area contributed by atoms with E-state index in [1.54, 1.807) is 0 Å². The van der Waals surface area contributed by atoms with E-state index >= 15 is 0 Å². The molecule has 31 heavy (non-hydrogen) atoms. The second kappa shape index (κ2) is 8.83. The molecule has 6 nitrogen and oxygen atoms in total. The van der Waals surface area contributed by atoms with E-state index in [4.69, 9.17) is 23.2 Å². The van der Waals surface area contributed by atoms with Gasteiger partial charge in [-0.15, -0.1) is 0 Å². The van der Waals surface area contributed by atoms with Crippen LogP contribution in [0.25, 0.3) is 0 Å². The summed E-state index contributed by atoms with van der Waals surface area (Å²) in [4.78, 5) is 28.7. The fraction of sp³-hybridized carbons (Fsp3) is 0.278. The lowest BCUT2D eigenvalue weighted by atomic mass is 10.0. The van der Waals surface area contributed by atoms with Gasteiger partial charge in [-0.1, -0.05) is 29.3 Å². The molecule has 1 aliphatic rings. The average molecular weight is 483 g/mol. The lowest BCUT2D eigenvalue weighted by Gasteiger charge is -2.29. The molecule has 1 aromatic carbocycles. The predicted octanol–water partition coefficient (Wildman–Crippen LogP) is 3.92. The van der Waals surface area contributed by atoms with Crippen molar-refractivity contribution in [2.45, 2.75) is 12.2 Å². The monoisotopic (exact) mass is 482 g/mol. The molecule has 0 unspecified atom stereocenters. The summed E-state index contributed by atoms with van der Waals surface area (Å²) >= 11 is 11.2. The van der Waals surface area contributed by atoms with Crippen molar-refractivity contribution < 1.29 is 31.5 Å². The van der Waals surface area contributed by atoms with E-state index in [0.717, 1.165) is 29.2 Å². The number of urea groups is 1. The third-order valence-electron chi connectivity index (χ3n) is 4.40. The van der Waals surface area contributed by atoms with Gasteiger partial charge in [0.15, 0.2) is 5.69 Å². The van der Waals surface area contributed by atoms with Crippen LogP contribution in [-0.4, -0.2) is 41.5 Å². The third-order valence-corrected chi connectivity index (χ3v) is 5.05. The Balaban J connectivity index is 2.06. The zero-order valence-electron chi connectivity index (χ0n) is 15.4. The molecule has 0 saturated carbocycles. The van der Waals surface area contributed by atoms with Gasteiger partial charge in [0, 0.05) is 18.7 Å². The zero-order valence-corrected chi connectivity index (χ0v) is 16.9. The number of alkyl halides is 3. The summed E-state index contributed by atoms with van der Waals surface area (Å²) in [5, 5.41) is 3.24. The first-order valence-corrected chi connectivity index (χ1v) is 9.43. The Labute approximate surface area is 182 Å². The second-order valence-corrected chi connectivity index (χ2v) is 7.27. The molecule has 0 bridgehead atoms. The minimum absolute atomic E-state index is 0.110. The van der Waals surface area contributed by atoms with E-state index in [1.807, 2.05) is 0 Å². The number of rotatable bonds is 3. The molecular formula is C18H13Cl2F5N4O2. The van der Waals surface area contributed by atoms with Gasteiger partial charge >= 0.3 is 12.2 Å². The van der Waals surface area contributed by atoms with Gasteiger partial charge in [0.05, 0.1) is 10.7 Å². The van der Waals surface area contributed by atoms with E-state index in [2.05, 4.69) is 15.6 Å². The molecule has 0 spiro atoms. The van der Waals surface area contributed by atoms with Crippen LogP contribution >= 0.6 is 23.2 Å². The van der Waals surface area contributed by atoms with Crippen LogP contribution in [0, 0.1) is 11.6 Å². The van der Waals surface area contributed by atoms with Gasteiger partial charge in [-0.3, -0.25) is 4.79 Å². The highest BCUT2D eigenvalue weighted by Crippen LogP contribution is 2.36. The van der Waals surface area contributed by atoms with Crippen LogP contribution in [0.4, 0.5) is 26.7 Å². The van der Waals surface area contributed by atoms with Crippen molar-refractivity contribution in [3.05, 3.63) is 62.9 Å². The molecule has 3 rings (SSSR count). The number of piperazine rings is 1. The third kappa shape index (κ3) is 4.99. The van der Waals surface area contributed by atoms with Crippen LogP contribution in [0.15, 0.2) is 24.3 Å².